The Labute approximate surface area is 95.3 Å². The summed E-state index contributed by atoms with van der Waals surface area (Å²) in [4.78, 5) is 1.43. The van der Waals surface area contributed by atoms with Crippen molar-refractivity contribution < 1.29 is 5.11 Å². The molecule has 15 heavy (non-hydrogen) atoms. The van der Waals surface area contributed by atoms with Crippen LogP contribution in [0.2, 0.25) is 0 Å². The number of aryl methyl sites for hydroxylation is 1. The minimum atomic E-state index is -0.130. The molecule has 3 heteroatoms. The molecule has 1 fully saturated rings. The van der Waals surface area contributed by atoms with E-state index in [4.69, 9.17) is 0 Å². The number of hydrogen-bond donors (Lipinski definition) is 2. The van der Waals surface area contributed by atoms with E-state index in [1.54, 1.807) is 0 Å². The summed E-state index contributed by atoms with van der Waals surface area (Å²) in [7, 11) is 0. The van der Waals surface area contributed by atoms with Gasteiger partial charge in [-0.3, -0.25) is 0 Å². The van der Waals surface area contributed by atoms with Crippen LogP contribution in [-0.4, -0.2) is 17.3 Å². The van der Waals surface area contributed by atoms with E-state index in [0.29, 0.717) is 6.04 Å². The molecule has 0 aliphatic heterocycles. The first kappa shape index (κ1) is 11.1. The van der Waals surface area contributed by atoms with Crippen molar-refractivity contribution in [3.63, 3.8) is 0 Å². The molecule has 1 aliphatic rings. The lowest BCUT2D eigenvalue weighted by atomic mass is 10.2. The second-order valence-electron chi connectivity index (χ2n) is 4.21. The molecule has 2 atom stereocenters. The molecule has 2 N–H and O–H groups in total. The van der Waals surface area contributed by atoms with Crippen LogP contribution in [0.4, 0.5) is 0 Å². The van der Waals surface area contributed by atoms with E-state index in [1.165, 1.54) is 10.4 Å². The van der Waals surface area contributed by atoms with Crippen LogP contribution in [-0.2, 0) is 13.0 Å². The van der Waals surface area contributed by atoms with Gasteiger partial charge in [-0.2, -0.15) is 0 Å². The first-order valence-corrected chi connectivity index (χ1v) is 6.66. The Hall–Kier alpha value is -0.380. The average Bonchev–Trinajstić information content (AvgIpc) is 2.83. The minimum Gasteiger partial charge on any atom is -0.392 e. The van der Waals surface area contributed by atoms with Crippen LogP contribution in [0.5, 0.6) is 0 Å². The summed E-state index contributed by atoms with van der Waals surface area (Å²) in [6, 6.07) is 2.52. The van der Waals surface area contributed by atoms with E-state index in [9.17, 15) is 5.11 Å². The Balaban J connectivity index is 1.87. The van der Waals surface area contributed by atoms with Gasteiger partial charge in [0.05, 0.1) is 6.10 Å². The molecule has 0 aromatic carbocycles. The zero-order chi connectivity index (χ0) is 10.7. The van der Waals surface area contributed by atoms with Gasteiger partial charge in [0.25, 0.3) is 0 Å². The molecule has 0 spiro atoms. The van der Waals surface area contributed by atoms with Crippen molar-refractivity contribution in [1.29, 1.82) is 0 Å². The summed E-state index contributed by atoms with van der Waals surface area (Å²) in [6.45, 7) is 3.11. The van der Waals surface area contributed by atoms with Crippen LogP contribution in [0.1, 0.15) is 36.6 Å². The molecule has 2 rings (SSSR count). The topological polar surface area (TPSA) is 32.3 Å². The molecule has 0 saturated heterocycles. The van der Waals surface area contributed by atoms with Gasteiger partial charge in [0, 0.05) is 17.5 Å². The van der Waals surface area contributed by atoms with Crippen molar-refractivity contribution in [2.24, 2.45) is 0 Å². The Morgan fingerprint density at radius 1 is 1.53 bits per heavy atom. The number of aliphatic hydroxyl groups excluding tert-OH is 1. The molecule has 0 unspecified atom stereocenters. The van der Waals surface area contributed by atoms with Crippen LogP contribution in [0.25, 0.3) is 0 Å². The van der Waals surface area contributed by atoms with E-state index in [1.807, 2.05) is 11.3 Å². The third kappa shape index (κ3) is 2.60. The zero-order valence-electron chi connectivity index (χ0n) is 9.20. The lowest BCUT2D eigenvalue weighted by Gasteiger charge is -2.16. The van der Waals surface area contributed by atoms with E-state index < -0.39 is 0 Å². The van der Waals surface area contributed by atoms with Crippen LogP contribution in [0, 0.1) is 0 Å². The number of rotatable bonds is 4. The second-order valence-corrected chi connectivity index (χ2v) is 5.21. The predicted octanol–water partition coefficient (Wildman–Crippen LogP) is 2.31. The average molecular weight is 225 g/mol. The monoisotopic (exact) mass is 225 g/mol. The predicted molar refractivity (Wildman–Crippen MR) is 64.2 cm³/mol. The van der Waals surface area contributed by atoms with Gasteiger partial charge in [-0.25, -0.2) is 0 Å². The summed E-state index contributed by atoms with van der Waals surface area (Å²) in [6.07, 6.45) is 4.21. The number of thiophene rings is 1. The molecule has 1 heterocycles. The maximum atomic E-state index is 9.68. The van der Waals surface area contributed by atoms with Crippen molar-refractivity contribution >= 4 is 11.3 Å². The van der Waals surface area contributed by atoms with E-state index in [-0.39, 0.29) is 6.10 Å². The Morgan fingerprint density at radius 2 is 2.40 bits per heavy atom. The first-order valence-electron chi connectivity index (χ1n) is 5.78. The third-order valence-electron chi connectivity index (χ3n) is 3.22. The van der Waals surface area contributed by atoms with Crippen molar-refractivity contribution in [1.82, 2.24) is 5.32 Å². The number of aliphatic hydroxyl groups is 1. The van der Waals surface area contributed by atoms with E-state index in [0.717, 1.165) is 32.2 Å². The second kappa shape index (κ2) is 5.10. The molecule has 84 valence electrons. The fraction of sp³-hybridized carbons (Fsp3) is 0.667. The van der Waals surface area contributed by atoms with E-state index >= 15 is 0 Å². The van der Waals surface area contributed by atoms with Crippen molar-refractivity contribution in [3.05, 3.63) is 21.9 Å². The van der Waals surface area contributed by atoms with Crippen LogP contribution in [0.15, 0.2) is 11.4 Å². The standard InChI is InChI=1S/C12H19NOS/c1-2-9-6-7-15-12(9)8-13-10-4-3-5-11(10)14/h6-7,10-11,13-14H,2-5,8H2,1H3/t10-,11-/m1/s1. The molecule has 0 amide bonds. The molecule has 1 aromatic heterocycles. The molecule has 2 nitrogen and oxygen atoms in total. The normalized spacial score (nSPS) is 26.0. The van der Waals surface area contributed by atoms with Gasteiger partial charge in [-0.05, 0) is 42.7 Å². The Bertz CT molecular complexity index is 310. The smallest absolute Gasteiger partial charge is 0.0693 e. The zero-order valence-corrected chi connectivity index (χ0v) is 10.0. The molecule has 0 bridgehead atoms. The molecule has 0 radical (unpaired) electrons. The number of nitrogens with one attached hydrogen (secondary N) is 1. The Kier molecular flexibility index (Phi) is 3.78. The first-order chi connectivity index (χ1) is 7.31. The van der Waals surface area contributed by atoms with Crippen molar-refractivity contribution in [2.75, 3.05) is 0 Å². The van der Waals surface area contributed by atoms with Crippen molar-refractivity contribution in [2.45, 2.75) is 51.3 Å². The van der Waals surface area contributed by atoms with Gasteiger partial charge in [0.2, 0.25) is 0 Å². The highest BCUT2D eigenvalue weighted by Gasteiger charge is 2.24. The summed E-state index contributed by atoms with van der Waals surface area (Å²) < 4.78 is 0. The highest BCUT2D eigenvalue weighted by molar-refractivity contribution is 7.10. The summed E-state index contributed by atoms with van der Waals surface area (Å²) in [5.41, 5.74) is 1.44. The summed E-state index contributed by atoms with van der Waals surface area (Å²) >= 11 is 1.81. The molecule has 1 aliphatic carbocycles. The SMILES string of the molecule is CCc1ccsc1CN[C@@H]1CCC[C@H]1O. The van der Waals surface area contributed by atoms with E-state index in [2.05, 4.69) is 23.7 Å². The van der Waals surface area contributed by atoms with Crippen molar-refractivity contribution in [3.8, 4) is 0 Å². The molecule has 1 saturated carbocycles. The number of hydrogen-bond acceptors (Lipinski definition) is 3. The molecule has 1 aromatic rings. The van der Waals surface area contributed by atoms with Crippen LogP contribution in [0.3, 0.4) is 0 Å². The van der Waals surface area contributed by atoms with Gasteiger partial charge in [0.15, 0.2) is 0 Å². The van der Waals surface area contributed by atoms with Gasteiger partial charge >= 0.3 is 0 Å². The minimum absolute atomic E-state index is 0.130. The Morgan fingerprint density at radius 3 is 3.07 bits per heavy atom. The quantitative estimate of drug-likeness (QED) is 0.824. The summed E-state index contributed by atoms with van der Waals surface area (Å²) in [5, 5.41) is 15.3. The molecular formula is C12H19NOS. The maximum Gasteiger partial charge on any atom is 0.0693 e. The fourth-order valence-electron chi connectivity index (χ4n) is 2.24. The summed E-state index contributed by atoms with van der Waals surface area (Å²) in [5.74, 6) is 0. The largest absolute Gasteiger partial charge is 0.392 e. The van der Waals surface area contributed by atoms with Gasteiger partial charge < -0.3 is 10.4 Å². The third-order valence-corrected chi connectivity index (χ3v) is 4.19. The lowest BCUT2D eigenvalue weighted by molar-refractivity contribution is 0.148. The lowest BCUT2D eigenvalue weighted by Crippen LogP contribution is -2.34. The van der Waals surface area contributed by atoms with Gasteiger partial charge in [-0.15, -0.1) is 11.3 Å². The fourth-order valence-corrected chi connectivity index (χ4v) is 3.17. The van der Waals surface area contributed by atoms with Gasteiger partial charge in [0.1, 0.15) is 0 Å². The van der Waals surface area contributed by atoms with Crippen LogP contribution < -0.4 is 5.32 Å². The molecular weight excluding hydrogens is 206 g/mol. The van der Waals surface area contributed by atoms with Crippen LogP contribution >= 0.6 is 11.3 Å². The highest BCUT2D eigenvalue weighted by Crippen LogP contribution is 2.21. The maximum absolute atomic E-state index is 9.68. The highest BCUT2D eigenvalue weighted by atomic mass is 32.1. The van der Waals surface area contributed by atoms with Gasteiger partial charge in [-0.1, -0.05) is 6.92 Å².